The summed E-state index contributed by atoms with van der Waals surface area (Å²) in [7, 11) is 3.07. The predicted octanol–water partition coefficient (Wildman–Crippen LogP) is 1.36. The fraction of sp³-hybridized carbons (Fsp3) is 0.154. The second-order valence-electron chi connectivity index (χ2n) is 3.45. The Kier molecular flexibility index (Phi) is 5.42. The molecule has 20 heavy (non-hydrogen) atoms. The summed E-state index contributed by atoms with van der Waals surface area (Å²) >= 11 is 0. The molecule has 0 unspecified atom stereocenters. The number of allylic oxidation sites excluding steroid dienone is 2. The standard InChI is InChI=1S/C13H13N5O2/c1-19-9-3-4-13(20-2)11(5-9)17-8-18-12(7-15)10(16)6-14/h3-5,8H,16H2,1-2H3,(H,17,18)/b12-10-. The number of hydrogen-bond donors (Lipinski definition) is 2. The van der Waals surface area contributed by atoms with Crippen molar-refractivity contribution in [3.05, 3.63) is 29.6 Å². The third-order valence-corrected chi connectivity index (χ3v) is 2.30. The predicted molar refractivity (Wildman–Crippen MR) is 74.1 cm³/mol. The number of rotatable bonds is 5. The number of anilines is 1. The van der Waals surface area contributed by atoms with Gasteiger partial charge in [0, 0.05) is 6.07 Å². The molecular weight excluding hydrogens is 258 g/mol. The van der Waals surface area contributed by atoms with E-state index in [0.29, 0.717) is 17.2 Å². The third-order valence-electron chi connectivity index (χ3n) is 2.30. The van der Waals surface area contributed by atoms with Crippen LogP contribution in [0.25, 0.3) is 0 Å². The van der Waals surface area contributed by atoms with Gasteiger partial charge in [0.25, 0.3) is 0 Å². The molecule has 0 aliphatic carbocycles. The lowest BCUT2D eigenvalue weighted by molar-refractivity contribution is 0.405. The van der Waals surface area contributed by atoms with Gasteiger partial charge >= 0.3 is 0 Å². The molecule has 0 spiro atoms. The molecule has 0 aliphatic heterocycles. The number of methoxy groups -OCH3 is 2. The first-order valence-corrected chi connectivity index (χ1v) is 5.47. The van der Waals surface area contributed by atoms with Crippen molar-refractivity contribution in [2.75, 3.05) is 19.5 Å². The lowest BCUT2D eigenvalue weighted by atomic mass is 10.2. The fourth-order valence-electron chi connectivity index (χ4n) is 1.30. The first-order valence-electron chi connectivity index (χ1n) is 5.47. The molecule has 0 saturated carbocycles. The summed E-state index contributed by atoms with van der Waals surface area (Å²) in [4.78, 5) is 3.78. The molecule has 0 fully saturated rings. The fourth-order valence-corrected chi connectivity index (χ4v) is 1.30. The maximum absolute atomic E-state index is 8.78. The van der Waals surface area contributed by atoms with Crippen LogP contribution in [0, 0.1) is 22.7 Å². The molecule has 102 valence electrons. The van der Waals surface area contributed by atoms with E-state index in [-0.39, 0.29) is 11.4 Å². The minimum absolute atomic E-state index is 0.165. The van der Waals surface area contributed by atoms with Crippen molar-refractivity contribution >= 4 is 12.0 Å². The molecule has 0 saturated heterocycles. The van der Waals surface area contributed by atoms with Gasteiger partial charge in [-0.25, -0.2) is 4.99 Å². The average Bonchev–Trinajstić information content (AvgIpc) is 2.50. The van der Waals surface area contributed by atoms with Gasteiger partial charge in [-0.1, -0.05) is 0 Å². The Bertz CT molecular complexity index is 623. The maximum atomic E-state index is 8.78. The number of hydrogen-bond acceptors (Lipinski definition) is 6. The van der Waals surface area contributed by atoms with Crippen molar-refractivity contribution in [3.63, 3.8) is 0 Å². The molecule has 0 radical (unpaired) electrons. The summed E-state index contributed by atoms with van der Waals surface area (Å²) in [6, 6.07) is 8.55. The zero-order valence-corrected chi connectivity index (χ0v) is 11.0. The van der Waals surface area contributed by atoms with E-state index in [4.69, 9.17) is 25.7 Å². The van der Waals surface area contributed by atoms with E-state index in [9.17, 15) is 0 Å². The van der Waals surface area contributed by atoms with Gasteiger partial charge in [0.2, 0.25) is 0 Å². The third kappa shape index (κ3) is 3.65. The van der Waals surface area contributed by atoms with Crippen LogP contribution in [0.15, 0.2) is 34.6 Å². The van der Waals surface area contributed by atoms with Crippen molar-refractivity contribution in [1.82, 2.24) is 0 Å². The molecular formula is C13H13N5O2. The SMILES string of the molecule is COc1ccc(OC)c(NC=N/C(C#N)=C(\N)C#N)c1. The molecule has 7 nitrogen and oxygen atoms in total. The Morgan fingerprint density at radius 3 is 2.60 bits per heavy atom. The highest BCUT2D eigenvalue weighted by molar-refractivity contribution is 5.80. The number of ether oxygens (including phenoxy) is 2. The van der Waals surface area contributed by atoms with E-state index < -0.39 is 0 Å². The van der Waals surface area contributed by atoms with Gasteiger partial charge in [0.1, 0.15) is 29.3 Å². The van der Waals surface area contributed by atoms with Crippen molar-refractivity contribution in [2.24, 2.45) is 10.7 Å². The van der Waals surface area contributed by atoms with Gasteiger partial charge in [-0.3, -0.25) is 0 Å². The number of nitrogens with zero attached hydrogens (tertiary/aromatic N) is 3. The topological polar surface area (TPSA) is 116 Å². The lowest BCUT2D eigenvalue weighted by Gasteiger charge is -2.09. The molecule has 0 aliphatic rings. The summed E-state index contributed by atoms with van der Waals surface area (Å²) < 4.78 is 10.3. The molecule has 1 aromatic carbocycles. The van der Waals surface area contributed by atoms with Gasteiger partial charge < -0.3 is 20.5 Å². The molecule has 0 amide bonds. The minimum Gasteiger partial charge on any atom is -0.497 e. The molecule has 0 heterocycles. The quantitative estimate of drug-likeness (QED) is 0.474. The monoisotopic (exact) mass is 271 g/mol. The highest BCUT2D eigenvalue weighted by Gasteiger charge is 2.04. The van der Waals surface area contributed by atoms with E-state index in [1.165, 1.54) is 13.4 Å². The van der Waals surface area contributed by atoms with E-state index in [0.717, 1.165) is 0 Å². The number of benzene rings is 1. The molecule has 0 aromatic heterocycles. The smallest absolute Gasteiger partial charge is 0.175 e. The van der Waals surface area contributed by atoms with Crippen molar-refractivity contribution in [3.8, 4) is 23.6 Å². The molecule has 1 aromatic rings. The molecule has 7 heteroatoms. The van der Waals surface area contributed by atoms with E-state index in [2.05, 4.69) is 10.3 Å². The zero-order valence-electron chi connectivity index (χ0n) is 11.0. The number of nitriles is 2. The van der Waals surface area contributed by atoms with Crippen LogP contribution >= 0.6 is 0 Å². The number of nitrogens with one attached hydrogen (secondary N) is 1. The highest BCUT2D eigenvalue weighted by Crippen LogP contribution is 2.28. The van der Waals surface area contributed by atoms with E-state index in [1.807, 2.05) is 0 Å². The van der Waals surface area contributed by atoms with Crippen LogP contribution in [0.5, 0.6) is 11.5 Å². The summed E-state index contributed by atoms with van der Waals surface area (Å²) in [6.07, 6.45) is 1.25. The molecule has 0 atom stereocenters. The van der Waals surface area contributed by atoms with E-state index >= 15 is 0 Å². The summed E-state index contributed by atoms with van der Waals surface area (Å²) in [6.45, 7) is 0. The van der Waals surface area contributed by atoms with Crippen LogP contribution in [0.2, 0.25) is 0 Å². The van der Waals surface area contributed by atoms with Crippen LogP contribution in [0.3, 0.4) is 0 Å². The summed E-state index contributed by atoms with van der Waals surface area (Å²) in [5.74, 6) is 1.21. The second kappa shape index (κ2) is 7.29. The largest absolute Gasteiger partial charge is 0.497 e. The number of aliphatic imine (C=N–C) groups is 1. The maximum Gasteiger partial charge on any atom is 0.175 e. The zero-order chi connectivity index (χ0) is 15.0. The Hall–Kier alpha value is -3.19. The number of nitrogens with two attached hydrogens (primary N) is 1. The first kappa shape index (κ1) is 14.9. The van der Waals surface area contributed by atoms with Crippen molar-refractivity contribution in [2.45, 2.75) is 0 Å². The van der Waals surface area contributed by atoms with Crippen LogP contribution in [0.4, 0.5) is 5.69 Å². The first-order chi connectivity index (χ1) is 9.65. The van der Waals surface area contributed by atoms with Crippen LogP contribution in [0.1, 0.15) is 0 Å². The van der Waals surface area contributed by atoms with E-state index in [1.54, 1.807) is 37.4 Å². The Morgan fingerprint density at radius 1 is 1.30 bits per heavy atom. The van der Waals surface area contributed by atoms with Crippen LogP contribution in [-0.4, -0.2) is 20.6 Å². The Morgan fingerprint density at radius 2 is 2.05 bits per heavy atom. The van der Waals surface area contributed by atoms with Crippen LogP contribution in [-0.2, 0) is 0 Å². The Labute approximate surface area is 116 Å². The van der Waals surface area contributed by atoms with Crippen molar-refractivity contribution in [1.29, 1.82) is 10.5 Å². The lowest BCUT2D eigenvalue weighted by Crippen LogP contribution is -2.01. The van der Waals surface area contributed by atoms with Gasteiger partial charge in [0.05, 0.1) is 26.2 Å². The average molecular weight is 271 g/mol. The van der Waals surface area contributed by atoms with Gasteiger partial charge in [-0.15, -0.1) is 0 Å². The molecule has 0 bridgehead atoms. The molecule has 1 rings (SSSR count). The highest BCUT2D eigenvalue weighted by atomic mass is 16.5. The molecule has 3 N–H and O–H groups in total. The normalized spacial score (nSPS) is 11.2. The van der Waals surface area contributed by atoms with Gasteiger partial charge in [0.15, 0.2) is 5.70 Å². The van der Waals surface area contributed by atoms with Gasteiger partial charge in [-0.2, -0.15) is 10.5 Å². The van der Waals surface area contributed by atoms with Crippen LogP contribution < -0.4 is 20.5 Å². The second-order valence-corrected chi connectivity index (χ2v) is 3.45. The van der Waals surface area contributed by atoms with Gasteiger partial charge in [-0.05, 0) is 12.1 Å². The Balaban J connectivity index is 2.95. The summed E-state index contributed by atoms with van der Waals surface area (Å²) in [5.41, 5.74) is 5.51. The minimum atomic E-state index is -0.247. The summed E-state index contributed by atoms with van der Waals surface area (Å²) in [5, 5.41) is 20.2. The van der Waals surface area contributed by atoms with Crippen molar-refractivity contribution < 1.29 is 9.47 Å².